The number of likely N-dealkylation sites (N-methyl/N-ethyl adjacent to an activating group) is 1. The second kappa shape index (κ2) is 11.9. The monoisotopic (exact) mass is 456 g/mol. The van der Waals surface area contributed by atoms with Crippen molar-refractivity contribution in [2.75, 3.05) is 19.6 Å². The summed E-state index contributed by atoms with van der Waals surface area (Å²) in [6.45, 7) is 5.32. The number of nitriles is 1. The molecule has 0 heterocycles. The lowest BCUT2D eigenvalue weighted by molar-refractivity contribution is 0.218. The molecule has 0 aromatic heterocycles. The lowest BCUT2D eigenvalue weighted by atomic mass is 9.63. The van der Waals surface area contributed by atoms with Gasteiger partial charge in [0.2, 0.25) is 0 Å². The summed E-state index contributed by atoms with van der Waals surface area (Å²) in [5, 5.41) is 11.6. The van der Waals surface area contributed by atoms with E-state index in [1.165, 1.54) is 24.8 Å². The van der Waals surface area contributed by atoms with Crippen molar-refractivity contribution in [1.82, 2.24) is 4.90 Å². The van der Waals surface area contributed by atoms with E-state index in [1.54, 1.807) is 0 Å². The van der Waals surface area contributed by atoms with Crippen LogP contribution in [0.2, 0.25) is 10.0 Å². The second-order valence-corrected chi connectivity index (χ2v) is 9.63. The Bertz CT molecular complexity index is 855. The maximum atomic E-state index is 10.5. The Morgan fingerprint density at radius 1 is 1.00 bits per heavy atom. The Balaban J connectivity index is 1.70. The molecule has 4 heteroatoms. The molecule has 0 spiro atoms. The van der Waals surface area contributed by atoms with Gasteiger partial charge in [0, 0.05) is 6.54 Å². The Morgan fingerprint density at radius 2 is 1.74 bits per heavy atom. The Hall–Kier alpha value is -1.53. The van der Waals surface area contributed by atoms with Crippen LogP contribution in [-0.4, -0.2) is 24.5 Å². The van der Waals surface area contributed by atoms with Crippen LogP contribution in [0.3, 0.4) is 0 Å². The Kier molecular flexibility index (Phi) is 9.27. The van der Waals surface area contributed by atoms with Crippen LogP contribution in [0.15, 0.2) is 48.5 Å². The quantitative estimate of drug-likeness (QED) is 0.366. The summed E-state index contributed by atoms with van der Waals surface area (Å²) in [6.07, 6.45) is 8.90. The van der Waals surface area contributed by atoms with Crippen molar-refractivity contribution < 1.29 is 0 Å². The summed E-state index contributed by atoms with van der Waals surface area (Å²) in [7, 11) is 0. The first kappa shape index (κ1) is 24.1. The van der Waals surface area contributed by atoms with E-state index in [0.29, 0.717) is 16.0 Å². The highest BCUT2D eigenvalue weighted by Crippen LogP contribution is 2.45. The lowest BCUT2D eigenvalue weighted by Gasteiger charge is -2.38. The van der Waals surface area contributed by atoms with Gasteiger partial charge in [-0.25, -0.2) is 0 Å². The van der Waals surface area contributed by atoms with E-state index in [2.05, 4.69) is 48.2 Å². The van der Waals surface area contributed by atoms with Crippen LogP contribution in [0.25, 0.3) is 0 Å². The van der Waals surface area contributed by atoms with Gasteiger partial charge in [0.25, 0.3) is 0 Å². The standard InChI is InChI=1S/C27H34Cl2N2/c1-2-31(19-16-22-10-5-3-6-11-22)18-9-17-27(21-30,23-12-7-4-8-13-23)24-14-15-25(28)26(29)20-24/h3,5-6,10-11,14-15,20,23H,2,4,7-9,12-13,16-19H2,1H3. The highest BCUT2D eigenvalue weighted by Gasteiger charge is 2.41. The van der Waals surface area contributed by atoms with Gasteiger partial charge in [-0.3, -0.25) is 0 Å². The van der Waals surface area contributed by atoms with Crippen LogP contribution in [0, 0.1) is 17.2 Å². The molecule has 0 N–H and O–H groups in total. The molecule has 2 nitrogen and oxygen atoms in total. The zero-order valence-corrected chi connectivity index (χ0v) is 20.1. The number of hydrogen-bond donors (Lipinski definition) is 0. The highest BCUT2D eigenvalue weighted by molar-refractivity contribution is 6.42. The van der Waals surface area contributed by atoms with Crippen molar-refractivity contribution in [3.63, 3.8) is 0 Å². The van der Waals surface area contributed by atoms with Crippen molar-refractivity contribution in [2.24, 2.45) is 5.92 Å². The fraction of sp³-hybridized carbons (Fsp3) is 0.519. The lowest BCUT2D eigenvalue weighted by Crippen LogP contribution is -2.37. The maximum absolute atomic E-state index is 10.5. The van der Waals surface area contributed by atoms with E-state index < -0.39 is 5.41 Å². The van der Waals surface area contributed by atoms with Crippen molar-refractivity contribution >= 4 is 23.2 Å². The molecule has 166 valence electrons. The van der Waals surface area contributed by atoms with Crippen LogP contribution in [-0.2, 0) is 11.8 Å². The first-order valence-electron chi connectivity index (χ1n) is 11.7. The molecule has 2 aromatic carbocycles. The maximum Gasteiger partial charge on any atom is 0.0851 e. The highest BCUT2D eigenvalue weighted by atomic mass is 35.5. The Morgan fingerprint density at radius 3 is 2.39 bits per heavy atom. The van der Waals surface area contributed by atoms with E-state index in [1.807, 2.05) is 18.2 Å². The largest absolute Gasteiger partial charge is 0.303 e. The van der Waals surface area contributed by atoms with Crippen LogP contribution in [0.1, 0.15) is 63.0 Å². The molecule has 31 heavy (non-hydrogen) atoms. The SMILES string of the molecule is CCN(CCCC(C#N)(c1ccc(Cl)c(Cl)c1)C1CCCCC1)CCc1ccccc1. The summed E-state index contributed by atoms with van der Waals surface area (Å²) >= 11 is 12.6. The van der Waals surface area contributed by atoms with E-state index in [0.717, 1.165) is 57.3 Å². The van der Waals surface area contributed by atoms with Crippen molar-refractivity contribution in [3.8, 4) is 6.07 Å². The molecule has 2 aromatic rings. The minimum atomic E-state index is -0.479. The topological polar surface area (TPSA) is 27.0 Å². The summed E-state index contributed by atoms with van der Waals surface area (Å²) in [4.78, 5) is 2.50. The van der Waals surface area contributed by atoms with Gasteiger partial charge in [-0.1, -0.05) is 85.8 Å². The molecule has 3 rings (SSSR count). The van der Waals surface area contributed by atoms with Gasteiger partial charge in [-0.15, -0.1) is 0 Å². The molecule has 0 bridgehead atoms. The van der Waals surface area contributed by atoms with Crippen LogP contribution in [0.5, 0.6) is 0 Å². The average molecular weight is 457 g/mol. The van der Waals surface area contributed by atoms with Crippen LogP contribution < -0.4 is 0 Å². The van der Waals surface area contributed by atoms with Gasteiger partial charge in [0.05, 0.1) is 21.5 Å². The fourth-order valence-electron chi connectivity index (χ4n) is 5.11. The number of halogens is 2. The Labute approximate surface area is 198 Å². The summed E-state index contributed by atoms with van der Waals surface area (Å²) < 4.78 is 0. The number of nitrogens with zero attached hydrogens (tertiary/aromatic N) is 2. The molecule has 1 aliphatic carbocycles. The first-order chi connectivity index (χ1) is 15.1. The zero-order chi connectivity index (χ0) is 22.1. The smallest absolute Gasteiger partial charge is 0.0851 e. The third-order valence-electron chi connectivity index (χ3n) is 6.99. The average Bonchev–Trinajstić information content (AvgIpc) is 2.82. The minimum Gasteiger partial charge on any atom is -0.303 e. The number of rotatable bonds is 10. The van der Waals surface area contributed by atoms with Gasteiger partial charge >= 0.3 is 0 Å². The molecular formula is C27H34Cl2N2. The molecular weight excluding hydrogens is 423 g/mol. The number of benzene rings is 2. The van der Waals surface area contributed by atoms with Gasteiger partial charge in [0.15, 0.2) is 0 Å². The van der Waals surface area contributed by atoms with Crippen molar-refractivity contribution in [2.45, 2.75) is 63.7 Å². The van der Waals surface area contributed by atoms with E-state index in [4.69, 9.17) is 23.2 Å². The summed E-state index contributed by atoms with van der Waals surface area (Å²) in [6, 6.07) is 19.3. The predicted molar refractivity (Wildman–Crippen MR) is 132 cm³/mol. The molecule has 1 aliphatic rings. The molecule has 1 atom stereocenters. The molecule has 0 amide bonds. The summed E-state index contributed by atoms with van der Waals surface area (Å²) in [5.74, 6) is 0.392. The minimum absolute atomic E-state index is 0.392. The molecule has 0 radical (unpaired) electrons. The number of hydrogen-bond acceptors (Lipinski definition) is 2. The molecule has 0 aliphatic heterocycles. The van der Waals surface area contributed by atoms with Gasteiger partial charge in [-0.05, 0) is 74.4 Å². The third kappa shape index (κ3) is 6.26. The van der Waals surface area contributed by atoms with Crippen molar-refractivity contribution in [1.29, 1.82) is 5.26 Å². The van der Waals surface area contributed by atoms with E-state index in [9.17, 15) is 5.26 Å². The van der Waals surface area contributed by atoms with Gasteiger partial charge < -0.3 is 4.90 Å². The van der Waals surface area contributed by atoms with Gasteiger partial charge in [0.1, 0.15) is 0 Å². The third-order valence-corrected chi connectivity index (χ3v) is 7.73. The summed E-state index contributed by atoms with van der Waals surface area (Å²) in [5.41, 5.74) is 1.95. The molecule has 1 unspecified atom stereocenters. The zero-order valence-electron chi connectivity index (χ0n) is 18.6. The normalized spacial score (nSPS) is 16.7. The molecule has 1 fully saturated rings. The van der Waals surface area contributed by atoms with Crippen LogP contribution >= 0.6 is 23.2 Å². The van der Waals surface area contributed by atoms with E-state index in [-0.39, 0.29) is 0 Å². The first-order valence-corrected chi connectivity index (χ1v) is 12.5. The molecule has 1 saturated carbocycles. The fourth-order valence-corrected chi connectivity index (χ4v) is 5.40. The van der Waals surface area contributed by atoms with Gasteiger partial charge in [-0.2, -0.15) is 5.26 Å². The van der Waals surface area contributed by atoms with Crippen molar-refractivity contribution in [3.05, 3.63) is 69.7 Å². The molecule has 0 saturated heterocycles. The predicted octanol–water partition coefficient (Wildman–Crippen LogP) is 7.68. The second-order valence-electron chi connectivity index (χ2n) is 8.82. The van der Waals surface area contributed by atoms with E-state index >= 15 is 0 Å². The van der Waals surface area contributed by atoms with Crippen LogP contribution in [0.4, 0.5) is 0 Å².